The Morgan fingerprint density at radius 1 is 1.24 bits per heavy atom. The largest absolute Gasteiger partial charge is 0.481 e. The maximum absolute atomic E-state index is 11.8. The first-order chi connectivity index (χ1) is 9.88. The molecule has 1 amide bonds. The average Bonchev–Trinajstić information content (AvgIpc) is 2.38. The van der Waals surface area contributed by atoms with Crippen LogP contribution in [0.25, 0.3) is 0 Å². The van der Waals surface area contributed by atoms with Crippen molar-refractivity contribution in [1.82, 2.24) is 10.2 Å². The summed E-state index contributed by atoms with van der Waals surface area (Å²) in [5.74, 6) is -0.433. The Hall–Kier alpha value is -1.88. The Morgan fingerprint density at radius 2 is 1.86 bits per heavy atom. The van der Waals surface area contributed by atoms with Crippen LogP contribution in [0, 0.1) is 5.92 Å². The maximum Gasteiger partial charge on any atom is 0.307 e. The fourth-order valence-corrected chi connectivity index (χ4v) is 2.01. The number of carboxylic acid groups (broad SMARTS) is 1. The number of amides is 1. The number of carboxylic acids is 1. The Kier molecular flexibility index (Phi) is 6.88. The zero-order valence-corrected chi connectivity index (χ0v) is 12.9. The van der Waals surface area contributed by atoms with Gasteiger partial charge < -0.3 is 10.4 Å². The van der Waals surface area contributed by atoms with Crippen molar-refractivity contribution in [2.24, 2.45) is 5.92 Å². The van der Waals surface area contributed by atoms with Gasteiger partial charge in [0.25, 0.3) is 0 Å². The Bertz CT molecular complexity index is 486. The van der Waals surface area contributed by atoms with Crippen LogP contribution in [0.4, 0.5) is 0 Å². The summed E-state index contributed by atoms with van der Waals surface area (Å²) in [6.07, 6.45) is 0.00353. The third-order valence-corrected chi connectivity index (χ3v) is 3.02. The van der Waals surface area contributed by atoms with E-state index in [1.54, 1.807) is 0 Å². The molecular formula is C16H24N2O3. The molecule has 0 saturated carbocycles. The van der Waals surface area contributed by atoms with Gasteiger partial charge in [-0.2, -0.15) is 0 Å². The molecule has 2 N–H and O–H groups in total. The second-order valence-corrected chi connectivity index (χ2v) is 5.71. The molecule has 1 rings (SSSR count). The lowest BCUT2D eigenvalue weighted by molar-refractivity contribution is -0.136. The van der Waals surface area contributed by atoms with Crippen LogP contribution >= 0.6 is 0 Å². The highest BCUT2D eigenvalue weighted by atomic mass is 16.4. The number of carbonyl (C=O) groups excluding carboxylic acids is 1. The molecule has 0 aliphatic carbocycles. The molecule has 1 aromatic carbocycles. The Labute approximate surface area is 126 Å². The highest BCUT2D eigenvalue weighted by Crippen LogP contribution is 2.11. The maximum atomic E-state index is 11.8. The molecule has 0 aliphatic heterocycles. The van der Waals surface area contributed by atoms with Crippen LogP contribution in [0.3, 0.4) is 0 Å². The lowest BCUT2D eigenvalue weighted by atomic mass is 10.0. The van der Waals surface area contributed by atoms with E-state index in [1.807, 2.05) is 50.1 Å². The molecule has 21 heavy (non-hydrogen) atoms. The van der Waals surface area contributed by atoms with E-state index in [0.29, 0.717) is 25.6 Å². The van der Waals surface area contributed by atoms with Crippen molar-refractivity contribution in [3.8, 4) is 0 Å². The number of benzene rings is 1. The van der Waals surface area contributed by atoms with Crippen molar-refractivity contribution < 1.29 is 14.7 Å². The first-order valence-corrected chi connectivity index (χ1v) is 7.12. The van der Waals surface area contributed by atoms with E-state index < -0.39 is 5.97 Å². The number of nitrogens with one attached hydrogen (secondary N) is 1. The zero-order valence-electron chi connectivity index (χ0n) is 12.9. The summed E-state index contributed by atoms with van der Waals surface area (Å²) in [5.41, 5.74) is 1.73. The third-order valence-electron chi connectivity index (χ3n) is 3.02. The predicted octanol–water partition coefficient (Wildman–Crippen LogP) is 1.52. The van der Waals surface area contributed by atoms with Gasteiger partial charge in [-0.3, -0.25) is 14.5 Å². The summed E-state index contributed by atoms with van der Waals surface area (Å²) >= 11 is 0. The average molecular weight is 292 g/mol. The number of hydrogen-bond acceptors (Lipinski definition) is 3. The monoisotopic (exact) mass is 292 g/mol. The zero-order chi connectivity index (χ0) is 15.8. The van der Waals surface area contributed by atoms with E-state index in [9.17, 15) is 9.59 Å². The van der Waals surface area contributed by atoms with Crippen molar-refractivity contribution in [2.75, 3.05) is 20.1 Å². The molecule has 0 fully saturated rings. The summed E-state index contributed by atoms with van der Waals surface area (Å²) in [7, 11) is 1.85. The molecule has 0 spiro atoms. The Morgan fingerprint density at radius 3 is 2.43 bits per heavy atom. The van der Waals surface area contributed by atoms with E-state index in [4.69, 9.17) is 5.11 Å². The summed E-state index contributed by atoms with van der Waals surface area (Å²) < 4.78 is 0. The second kappa shape index (κ2) is 8.42. The quantitative estimate of drug-likeness (QED) is 0.762. The minimum Gasteiger partial charge on any atom is -0.481 e. The van der Waals surface area contributed by atoms with Gasteiger partial charge in [0.15, 0.2) is 0 Å². The van der Waals surface area contributed by atoms with E-state index >= 15 is 0 Å². The molecule has 0 unspecified atom stereocenters. The lowest BCUT2D eigenvalue weighted by Crippen LogP contribution is -2.36. The lowest BCUT2D eigenvalue weighted by Gasteiger charge is -2.18. The summed E-state index contributed by atoms with van der Waals surface area (Å²) in [5, 5.41) is 11.8. The molecule has 5 heteroatoms. The highest BCUT2D eigenvalue weighted by Gasteiger charge is 2.11. The van der Waals surface area contributed by atoms with Gasteiger partial charge in [-0.15, -0.1) is 0 Å². The highest BCUT2D eigenvalue weighted by molar-refractivity contribution is 5.78. The first kappa shape index (κ1) is 17.2. The normalized spacial score (nSPS) is 10.9. The van der Waals surface area contributed by atoms with Crippen molar-refractivity contribution in [3.05, 3.63) is 35.4 Å². The molecule has 0 atom stereocenters. The number of aliphatic carboxylic acids is 1. The standard InChI is InChI=1S/C16H24N2O3/c1-12(2)9-17-15(19)11-18(3)10-14-7-5-4-6-13(14)8-16(20)21/h4-7,12H,8-11H2,1-3H3,(H,17,19)(H,20,21). The van der Waals surface area contributed by atoms with Crippen LogP contribution in [-0.2, 0) is 22.6 Å². The van der Waals surface area contributed by atoms with Gasteiger partial charge in [-0.05, 0) is 24.1 Å². The molecule has 0 aliphatic rings. The number of nitrogens with zero attached hydrogens (tertiary/aromatic N) is 1. The van der Waals surface area contributed by atoms with E-state index in [1.165, 1.54) is 0 Å². The molecule has 5 nitrogen and oxygen atoms in total. The topological polar surface area (TPSA) is 69.6 Å². The van der Waals surface area contributed by atoms with Gasteiger partial charge in [0.05, 0.1) is 13.0 Å². The SMILES string of the molecule is CC(C)CNC(=O)CN(C)Cc1ccccc1CC(=O)O. The number of hydrogen-bond donors (Lipinski definition) is 2. The molecule has 0 radical (unpaired) electrons. The van der Waals surface area contributed by atoms with Gasteiger partial charge in [0.1, 0.15) is 0 Å². The summed E-state index contributed by atoms with van der Waals surface area (Å²) in [4.78, 5) is 24.5. The smallest absolute Gasteiger partial charge is 0.307 e. The molecule has 1 aromatic rings. The van der Waals surface area contributed by atoms with Gasteiger partial charge >= 0.3 is 5.97 Å². The van der Waals surface area contributed by atoms with Crippen molar-refractivity contribution >= 4 is 11.9 Å². The third kappa shape index (κ3) is 6.90. The van der Waals surface area contributed by atoms with Crippen LogP contribution in [0.1, 0.15) is 25.0 Å². The predicted molar refractivity (Wildman–Crippen MR) is 82.0 cm³/mol. The number of carbonyl (C=O) groups is 2. The summed E-state index contributed by atoms with van der Waals surface area (Å²) in [6, 6.07) is 7.43. The van der Waals surface area contributed by atoms with Gasteiger partial charge in [0, 0.05) is 13.1 Å². The minimum atomic E-state index is -0.847. The van der Waals surface area contributed by atoms with Crippen molar-refractivity contribution in [1.29, 1.82) is 0 Å². The van der Waals surface area contributed by atoms with Crippen LogP contribution in [0.5, 0.6) is 0 Å². The van der Waals surface area contributed by atoms with Gasteiger partial charge in [-0.25, -0.2) is 0 Å². The Balaban J connectivity index is 2.56. The molecule has 0 heterocycles. The molecule has 116 valence electrons. The fourth-order valence-electron chi connectivity index (χ4n) is 2.01. The van der Waals surface area contributed by atoms with Crippen LogP contribution in [-0.4, -0.2) is 42.0 Å². The molecule has 0 aromatic heterocycles. The van der Waals surface area contributed by atoms with Crippen molar-refractivity contribution in [3.63, 3.8) is 0 Å². The first-order valence-electron chi connectivity index (χ1n) is 7.12. The molecular weight excluding hydrogens is 268 g/mol. The van der Waals surface area contributed by atoms with Gasteiger partial charge in [-0.1, -0.05) is 38.1 Å². The fraction of sp³-hybridized carbons (Fsp3) is 0.500. The number of rotatable bonds is 8. The second-order valence-electron chi connectivity index (χ2n) is 5.71. The van der Waals surface area contributed by atoms with Crippen LogP contribution in [0.2, 0.25) is 0 Å². The van der Waals surface area contributed by atoms with Crippen LogP contribution in [0.15, 0.2) is 24.3 Å². The van der Waals surface area contributed by atoms with E-state index in [0.717, 1.165) is 11.1 Å². The van der Waals surface area contributed by atoms with E-state index in [-0.39, 0.29) is 12.3 Å². The van der Waals surface area contributed by atoms with Crippen molar-refractivity contribution in [2.45, 2.75) is 26.8 Å². The molecule has 0 bridgehead atoms. The number of likely N-dealkylation sites (N-methyl/N-ethyl adjacent to an activating group) is 1. The summed E-state index contributed by atoms with van der Waals surface area (Å²) in [6.45, 7) is 5.62. The molecule has 0 saturated heterocycles. The van der Waals surface area contributed by atoms with Crippen LogP contribution < -0.4 is 5.32 Å². The van der Waals surface area contributed by atoms with Gasteiger partial charge in [0.2, 0.25) is 5.91 Å². The minimum absolute atomic E-state index is 0.00353. The van der Waals surface area contributed by atoms with E-state index in [2.05, 4.69) is 5.32 Å².